The van der Waals surface area contributed by atoms with Crippen LogP contribution in [0.5, 0.6) is 11.5 Å². The number of benzene rings is 1. The number of aryl methyl sites for hydroxylation is 2. The molecular weight excluding hydrogens is 318 g/mol. The molecule has 0 unspecified atom stereocenters. The van der Waals surface area contributed by atoms with Crippen LogP contribution in [0.3, 0.4) is 0 Å². The zero-order valence-corrected chi connectivity index (χ0v) is 15.8. The third-order valence-electron chi connectivity index (χ3n) is 4.29. The Balaban J connectivity index is 2.14. The van der Waals surface area contributed by atoms with Crippen molar-refractivity contribution in [1.82, 2.24) is 15.1 Å². The first-order valence-electron chi connectivity index (χ1n) is 8.37. The van der Waals surface area contributed by atoms with Crippen LogP contribution < -0.4 is 14.8 Å². The molecule has 0 spiro atoms. The van der Waals surface area contributed by atoms with Crippen molar-refractivity contribution in [2.45, 2.75) is 39.7 Å². The summed E-state index contributed by atoms with van der Waals surface area (Å²) in [6.45, 7) is 9.17. The second-order valence-corrected chi connectivity index (χ2v) is 6.62. The Bertz CT molecular complexity index is 750. The second-order valence-electron chi connectivity index (χ2n) is 6.62. The van der Waals surface area contributed by atoms with Crippen LogP contribution in [-0.2, 0) is 12.0 Å². The highest BCUT2D eigenvalue weighted by atomic mass is 16.5. The Labute approximate surface area is 149 Å². The highest BCUT2D eigenvalue weighted by molar-refractivity contribution is 5.92. The van der Waals surface area contributed by atoms with Crippen LogP contribution in [0, 0.1) is 6.92 Å². The number of carbonyl (C=O) groups is 1. The van der Waals surface area contributed by atoms with Gasteiger partial charge in [-0.25, -0.2) is 0 Å². The van der Waals surface area contributed by atoms with Crippen molar-refractivity contribution in [2.75, 3.05) is 20.8 Å². The largest absolute Gasteiger partial charge is 0.493 e. The number of aromatic nitrogens is 2. The molecule has 0 saturated heterocycles. The van der Waals surface area contributed by atoms with E-state index in [1.54, 1.807) is 18.9 Å². The smallest absolute Gasteiger partial charge is 0.269 e. The highest BCUT2D eigenvalue weighted by Crippen LogP contribution is 2.32. The maximum atomic E-state index is 12.5. The molecule has 2 aromatic rings. The van der Waals surface area contributed by atoms with Gasteiger partial charge in [0.15, 0.2) is 11.5 Å². The summed E-state index contributed by atoms with van der Waals surface area (Å²) in [6.07, 6.45) is 0. The van der Waals surface area contributed by atoms with Gasteiger partial charge in [0.25, 0.3) is 5.91 Å². The predicted molar refractivity (Wildman–Crippen MR) is 97.5 cm³/mol. The lowest BCUT2D eigenvalue weighted by molar-refractivity contribution is 0.0935. The Hall–Kier alpha value is -2.50. The average molecular weight is 345 g/mol. The number of hydrogen-bond donors (Lipinski definition) is 1. The van der Waals surface area contributed by atoms with E-state index in [0.717, 1.165) is 11.3 Å². The average Bonchev–Trinajstić information content (AvgIpc) is 3.00. The maximum Gasteiger partial charge on any atom is 0.269 e. The molecule has 1 amide bonds. The Morgan fingerprint density at radius 2 is 1.88 bits per heavy atom. The van der Waals surface area contributed by atoms with Crippen LogP contribution in [0.2, 0.25) is 0 Å². The van der Waals surface area contributed by atoms with E-state index >= 15 is 0 Å². The minimum Gasteiger partial charge on any atom is -0.493 e. The normalized spacial score (nSPS) is 11.3. The van der Waals surface area contributed by atoms with Crippen molar-refractivity contribution in [3.63, 3.8) is 0 Å². The fourth-order valence-electron chi connectivity index (χ4n) is 2.72. The number of carbonyl (C=O) groups excluding carboxylic acids is 1. The standard InChI is InChI=1S/C19H27N3O3/c1-7-22-15(10-13(2)21-22)18(23)20-12-19(3,4)14-8-9-16(24-5)17(11-14)25-6/h8-11H,7,12H2,1-6H3,(H,20,23). The van der Waals surface area contributed by atoms with Crippen LogP contribution in [0.15, 0.2) is 24.3 Å². The van der Waals surface area contributed by atoms with Gasteiger partial charge >= 0.3 is 0 Å². The van der Waals surface area contributed by atoms with Crippen LogP contribution in [0.25, 0.3) is 0 Å². The van der Waals surface area contributed by atoms with Gasteiger partial charge in [0, 0.05) is 18.5 Å². The van der Waals surface area contributed by atoms with E-state index in [9.17, 15) is 4.79 Å². The zero-order valence-electron chi connectivity index (χ0n) is 15.8. The van der Waals surface area contributed by atoms with E-state index < -0.39 is 0 Å². The predicted octanol–water partition coefficient (Wildman–Crippen LogP) is 2.94. The summed E-state index contributed by atoms with van der Waals surface area (Å²) >= 11 is 0. The monoisotopic (exact) mass is 345 g/mol. The van der Waals surface area contributed by atoms with Gasteiger partial charge in [-0.2, -0.15) is 5.10 Å². The van der Waals surface area contributed by atoms with Gasteiger partial charge in [-0.05, 0) is 37.6 Å². The van der Waals surface area contributed by atoms with E-state index in [1.165, 1.54) is 0 Å². The lowest BCUT2D eigenvalue weighted by atomic mass is 9.84. The van der Waals surface area contributed by atoms with Crippen molar-refractivity contribution >= 4 is 5.91 Å². The number of ether oxygens (including phenoxy) is 2. The molecule has 1 heterocycles. The summed E-state index contributed by atoms with van der Waals surface area (Å²) in [6, 6.07) is 7.63. The van der Waals surface area contributed by atoms with Gasteiger partial charge in [0.2, 0.25) is 0 Å². The number of methoxy groups -OCH3 is 2. The lowest BCUT2D eigenvalue weighted by Crippen LogP contribution is -2.37. The molecule has 1 N–H and O–H groups in total. The molecule has 1 aromatic carbocycles. The SMILES string of the molecule is CCn1nc(C)cc1C(=O)NCC(C)(C)c1ccc(OC)c(OC)c1. The summed E-state index contributed by atoms with van der Waals surface area (Å²) in [4.78, 5) is 12.5. The minimum absolute atomic E-state index is 0.115. The van der Waals surface area contributed by atoms with E-state index in [0.29, 0.717) is 30.3 Å². The Morgan fingerprint density at radius 3 is 2.48 bits per heavy atom. The van der Waals surface area contributed by atoms with E-state index in [2.05, 4.69) is 24.3 Å². The summed E-state index contributed by atoms with van der Waals surface area (Å²) in [5.74, 6) is 1.25. The Kier molecular flexibility index (Phi) is 5.72. The number of rotatable bonds is 7. The fourth-order valence-corrected chi connectivity index (χ4v) is 2.72. The van der Waals surface area contributed by atoms with Gasteiger partial charge in [-0.15, -0.1) is 0 Å². The summed E-state index contributed by atoms with van der Waals surface area (Å²) in [5.41, 5.74) is 2.22. The first-order chi connectivity index (χ1) is 11.8. The number of nitrogens with zero attached hydrogens (tertiary/aromatic N) is 2. The topological polar surface area (TPSA) is 65.4 Å². The van der Waals surface area contributed by atoms with E-state index in [1.807, 2.05) is 38.1 Å². The lowest BCUT2D eigenvalue weighted by Gasteiger charge is -2.26. The van der Waals surface area contributed by atoms with Crippen molar-refractivity contribution in [2.24, 2.45) is 0 Å². The molecular formula is C19H27N3O3. The number of amides is 1. The molecule has 1 aromatic heterocycles. The van der Waals surface area contributed by atoms with Crippen molar-refractivity contribution in [1.29, 1.82) is 0 Å². The Morgan fingerprint density at radius 1 is 1.20 bits per heavy atom. The fraction of sp³-hybridized carbons (Fsp3) is 0.474. The molecule has 25 heavy (non-hydrogen) atoms. The van der Waals surface area contributed by atoms with Crippen molar-refractivity contribution in [3.8, 4) is 11.5 Å². The molecule has 0 radical (unpaired) electrons. The molecule has 136 valence electrons. The quantitative estimate of drug-likeness (QED) is 0.838. The summed E-state index contributed by atoms with van der Waals surface area (Å²) < 4.78 is 12.4. The van der Waals surface area contributed by atoms with E-state index in [-0.39, 0.29) is 11.3 Å². The number of hydrogen-bond acceptors (Lipinski definition) is 4. The van der Waals surface area contributed by atoms with Crippen LogP contribution in [0.4, 0.5) is 0 Å². The highest BCUT2D eigenvalue weighted by Gasteiger charge is 2.24. The molecule has 2 rings (SSSR count). The van der Waals surface area contributed by atoms with Gasteiger partial charge in [0.05, 0.1) is 19.9 Å². The van der Waals surface area contributed by atoms with Crippen LogP contribution in [0.1, 0.15) is 42.5 Å². The first kappa shape index (κ1) is 18.8. The van der Waals surface area contributed by atoms with Gasteiger partial charge < -0.3 is 14.8 Å². The molecule has 6 nitrogen and oxygen atoms in total. The molecule has 0 saturated carbocycles. The molecule has 0 fully saturated rings. The molecule has 0 aliphatic rings. The van der Waals surface area contributed by atoms with Crippen molar-refractivity contribution in [3.05, 3.63) is 41.2 Å². The molecule has 0 bridgehead atoms. The minimum atomic E-state index is -0.263. The summed E-state index contributed by atoms with van der Waals surface area (Å²) in [5, 5.41) is 7.34. The zero-order chi connectivity index (χ0) is 18.6. The van der Waals surface area contributed by atoms with Crippen LogP contribution in [-0.4, -0.2) is 36.5 Å². The molecule has 6 heteroatoms. The van der Waals surface area contributed by atoms with Crippen LogP contribution >= 0.6 is 0 Å². The summed E-state index contributed by atoms with van der Waals surface area (Å²) in [7, 11) is 3.23. The second kappa shape index (κ2) is 7.59. The first-order valence-corrected chi connectivity index (χ1v) is 8.37. The third-order valence-corrected chi connectivity index (χ3v) is 4.29. The maximum absolute atomic E-state index is 12.5. The molecule has 0 atom stereocenters. The van der Waals surface area contributed by atoms with Gasteiger partial charge in [-0.1, -0.05) is 19.9 Å². The van der Waals surface area contributed by atoms with Crippen molar-refractivity contribution < 1.29 is 14.3 Å². The molecule has 0 aliphatic carbocycles. The third kappa shape index (κ3) is 4.13. The van der Waals surface area contributed by atoms with Gasteiger partial charge in [-0.3, -0.25) is 9.48 Å². The van der Waals surface area contributed by atoms with E-state index in [4.69, 9.17) is 9.47 Å². The number of nitrogens with one attached hydrogen (secondary N) is 1. The van der Waals surface area contributed by atoms with Gasteiger partial charge in [0.1, 0.15) is 5.69 Å². The molecule has 0 aliphatic heterocycles.